The number of benzene rings is 1. The molecule has 4 atom stereocenters. The van der Waals surface area contributed by atoms with E-state index in [0.717, 1.165) is 0 Å². The Bertz CT molecular complexity index is 751. The molecule has 5 nitrogen and oxygen atoms in total. The number of hydrogen-bond acceptors (Lipinski definition) is 4. The summed E-state index contributed by atoms with van der Waals surface area (Å²) in [5, 5.41) is 10.2. The van der Waals surface area contributed by atoms with E-state index < -0.39 is 6.10 Å². The monoisotopic (exact) mass is 338 g/mol. The van der Waals surface area contributed by atoms with Gasteiger partial charge in [0.1, 0.15) is 30.0 Å². The molecule has 4 rings (SSSR count). The Kier molecular flexibility index (Phi) is 3.65. The number of fused-ring (bicyclic) bond motifs is 1. The van der Waals surface area contributed by atoms with Crippen LogP contribution in [-0.2, 0) is 9.47 Å². The van der Waals surface area contributed by atoms with Gasteiger partial charge in [-0.05, 0) is 18.6 Å². The van der Waals surface area contributed by atoms with Crippen molar-refractivity contribution in [2.45, 2.75) is 31.3 Å². The van der Waals surface area contributed by atoms with Gasteiger partial charge in [0.05, 0.1) is 29.8 Å². The molecule has 0 saturated carbocycles. The largest absolute Gasteiger partial charge is 0.388 e. The van der Waals surface area contributed by atoms with Gasteiger partial charge >= 0.3 is 0 Å². The first-order valence-corrected chi connectivity index (χ1v) is 7.85. The van der Waals surface area contributed by atoms with E-state index in [-0.39, 0.29) is 36.2 Å². The van der Waals surface area contributed by atoms with Gasteiger partial charge in [-0.25, -0.2) is 9.37 Å². The van der Waals surface area contributed by atoms with Gasteiger partial charge in [-0.2, -0.15) is 0 Å². The number of nitrogens with zero attached hydrogens (tertiary/aromatic N) is 2. The summed E-state index contributed by atoms with van der Waals surface area (Å²) in [5.41, 5.74) is 0.783. The van der Waals surface area contributed by atoms with Gasteiger partial charge in [0.15, 0.2) is 0 Å². The zero-order valence-electron chi connectivity index (χ0n) is 12.4. The molecule has 0 aliphatic carbocycles. The predicted octanol–water partition coefficient (Wildman–Crippen LogP) is 2.35. The molecule has 122 valence electrons. The molecule has 0 amide bonds. The summed E-state index contributed by atoms with van der Waals surface area (Å²) in [6, 6.07) is 3.13. The number of rotatable bonds is 2. The predicted molar refractivity (Wildman–Crippen MR) is 81.9 cm³/mol. The minimum Gasteiger partial charge on any atom is -0.388 e. The summed E-state index contributed by atoms with van der Waals surface area (Å²) in [6.07, 6.45) is 2.11. The second-order valence-electron chi connectivity index (χ2n) is 5.94. The van der Waals surface area contributed by atoms with Gasteiger partial charge in [0.2, 0.25) is 0 Å². The third-order valence-corrected chi connectivity index (χ3v) is 4.85. The lowest BCUT2D eigenvalue weighted by atomic mass is 10.1. The Morgan fingerprint density at radius 2 is 2.09 bits per heavy atom. The molecule has 0 unspecified atom stereocenters. The maximum absolute atomic E-state index is 14.6. The number of ether oxygens (including phenoxy) is 2. The molecular formula is C16H16ClFN2O3. The first-order chi connectivity index (χ1) is 11.1. The van der Waals surface area contributed by atoms with Crippen LogP contribution in [0.1, 0.15) is 11.6 Å². The van der Waals surface area contributed by atoms with Crippen LogP contribution >= 0.6 is 11.6 Å². The molecule has 1 aromatic heterocycles. The summed E-state index contributed by atoms with van der Waals surface area (Å²) in [4.78, 5) is 4.29. The van der Waals surface area contributed by atoms with Gasteiger partial charge in [-0.15, -0.1) is 0 Å². The highest BCUT2D eigenvalue weighted by molar-refractivity contribution is 6.33. The first kappa shape index (κ1) is 15.1. The van der Waals surface area contributed by atoms with Crippen molar-refractivity contribution in [3.63, 3.8) is 0 Å². The van der Waals surface area contributed by atoms with Crippen LogP contribution in [0.4, 0.5) is 4.39 Å². The van der Waals surface area contributed by atoms with Crippen LogP contribution in [0.25, 0.3) is 11.4 Å². The standard InChI is InChI=1S/C16H16ClFN2O3/c1-8-2-3-9(17)12(13(8)18)16-19-4-5-20(16)10-6-22-15-11(21)7-23-14(10)15/h2-5,10-11,14-15,21H,6-7H2,1H3/t10-,11+,14+,15+/m0/s1. The Hall–Kier alpha value is -1.47. The van der Waals surface area contributed by atoms with Gasteiger partial charge in [0, 0.05) is 12.4 Å². The summed E-state index contributed by atoms with van der Waals surface area (Å²) in [6.45, 7) is 2.31. The SMILES string of the molecule is Cc1ccc(Cl)c(-c2nccn2[C@H]2CO[C@H]3[C@@H]2OC[C@H]3O)c1F. The molecule has 2 aliphatic heterocycles. The van der Waals surface area contributed by atoms with Crippen molar-refractivity contribution in [3.8, 4) is 11.4 Å². The summed E-state index contributed by atoms with van der Waals surface area (Å²) >= 11 is 6.21. The van der Waals surface area contributed by atoms with Crippen LogP contribution < -0.4 is 0 Å². The van der Waals surface area contributed by atoms with Crippen molar-refractivity contribution in [1.29, 1.82) is 0 Å². The summed E-state index contributed by atoms with van der Waals surface area (Å²) in [7, 11) is 0. The van der Waals surface area contributed by atoms with E-state index in [2.05, 4.69) is 4.98 Å². The highest BCUT2D eigenvalue weighted by atomic mass is 35.5. The molecule has 2 aromatic rings. The summed E-state index contributed by atoms with van der Waals surface area (Å²) in [5.74, 6) is 0.0585. The molecule has 2 saturated heterocycles. The lowest BCUT2D eigenvalue weighted by Gasteiger charge is -2.20. The topological polar surface area (TPSA) is 56.5 Å². The normalized spacial score (nSPS) is 29.9. The number of aryl methyl sites for hydroxylation is 1. The van der Waals surface area contributed by atoms with E-state index in [1.165, 1.54) is 0 Å². The van der Waals surface area contributed by atoms with Crippen LogP contribution in [0.5, 0.6) is 0 Å². The van der Waals surface area contributed by atoms with Crippen molar-refractivity contribution < 1.29 is 19.0 Å². The molecule has 0 spiro atoms. The van der Waals surface area contributed by atoms with Crippen molar-refractivity contribution in [2.24, 2.45) is 0 Å². The van der Waals surface area contributed by atoms with E-state index in [1.54, 1.807) is 31.5 Å². The van der Waals surface area contributed by atoms with Crippen LogP contribution in [-0.4, -0.2) is 46.2 Å². The Balaban J connectivity index is 1.77. The minimum atomic E-state index is -0.628. The van der Waals surface area contributed by atoms with E-state index >= 15 is 0 Å². The van der Waals surface area contributed by atoms with E-state index in [9.17, 15) is 9.50 Å². The minimum absolute atomic E-state index is 0.175. The van der Waals surface area contributed by atoms with E-state index in [1.807, 2.05) is 4.57 Å². The summed E-state index contributed by atoms with van der Waals surface area (Å²) < 4.78 is 27.7. The van der Waals surface area contributed by atoms with Crippen molar-refractivity contribution in [3.05, 3.63) is 40.9 Å². The van der Waals surface area contributed by atoms with Gasteiger partial charge in [0.25, 0.3) is 0 Å². The van der Waals surface area contributed by atoms with Gasteiger partial charge in [-0.3, -0.25) is 0 Å². The number of imidazole rings is 1. The molecule has 1 N–H and O–H groups in total. The fourth-order valence-corrected chi connectivity index (χ4v) is 3.56. The Morgan fingerprint density at radius 1 is 1.30 bits per heavy atom. The quantitative estimate of drug-likeness (QED) is 0.913. The molecule has 23 heavy (non-hydrogen) atoms. The average molecular weight is 339 g/mol. The molecule has 7 heteroatoms. The third kappa shape index (κ3) is 2.29. The number of hydrogen-bond donors (Lipinski definition) is 1. The third-order valence-electron chi connectivity index (χ3n) is 4.53. The highest BCUT2D eigenvalue weighted by Gasteiger charge is 2.48. The zero-order valence-corrected chi connectivity index (χ0v) is 13.2. The zero-order chi connectivity index (χ0) is 16.1. The average Bonchev–Trinajstić information content (AvgIpc) is 3.22. The maximum Gasteiger partial charge on any atom is 0.144 e. The van der Waals surface area contributed by atoms with Crippen molar-refractivity contribution in [2.75, 3.05) is 13.2 Å². The lowest BCUT2D eigenvalue weighted by Crippen LogP contribution is -2.30. The fraction of sp³-hybridized carbons (Fsp3) is 0.438. The number of halogens is 2. The molecule has 0 bridgehead atoms. The fourth-order valence-electron chi connectivity index (χ4n) is 3.33. The van der Waals surface area contributed by atoms with Crippen LogP contribution in [0.15, 0.2) is 24.5 Å². The Morgan fingerprint density at radius 3 is 2.91 bits per heavy atom. The Labute approximate surface area is 137 Å². The van der Waals surface area contributed by atoms with Gasteiger partial charge < -0.3 is 19.1 Å². The smallest absolute Gasteiger partial charge is 0.144 e. The second-order valence-corrected chi connectivity index (χ2v) is 6.35. The number of aliphatic hydroxyl groups is 1. The molecular weight excluding hydrogens is 323 g/mol. The highest BCUT2D eigenvalue weighted by Crippen LogP contribution is 2.38. The van der Waals surface area contributed by atoms with E-state index in [4.69, 9.17) is 21.1 Å². The van der Waals surface area contributed by atoms with E-state index in [0.29, 0.717) is 23.0 Å². The lowest BCUT2D eigenvalue weighted by molar-refractivity contribution is 0.0172. The van der Waals surface area contributed by atoms with Crippen molar-refractivity contribution in [1.82, 2.24) is 9.55 Å². The molecule has 2 aliphatic rings. The molecule has 0 radical (unpaired) electrons. The van der Waals surface area contributed by atoms with Crippen LogP contribution in [0.3, 0.4) is 0 Å². The van der Waals surface area contributed by atoms with Crippen LogP contribution in [0.2, 0.25) is 5.02 Å². The van der Waals surface area contributed by atoms with Crippen molar-refractivity contribution >= 4 is 11.6 Å². The van der Waals surface area contributed by atoms with Gasteiger partial charge in [-0.1, -0.05) is 17.7 Å². The second kappa shape index (κ2) is 5.56. The molecule has 1 aromatic carbocycles. The number of aromatic nitrogens is 2. The number of aliphatic hydroxyl groups excluding tert-OH is 1. The first-order valence-electron chi connectivity index (χ1n) is 7.47. The van der Waals surface area contributed by atoms with Crippen LogP contribution in [0, 0.1) is 12.7 Å². The molecule has 3 heterocycles. The maximum atomic E-state index is 14.6. The molecule has 2 fully saturated rings.